The van der Waals surface area contributed by atoms with Crippen molar-refractivity contribution in [2.75, 3.05) is 13.2 Å². The molecular weight excluding hydrogens is 420 g/mol. The molecule has 0 bridgehead atoms. The molecule has 2 amide bonds. The number of hydrogen-bond donors (Lipinski definition) is 3. The highest BCUT2D eigenvalue weighted by Gasteiger charge is 2.29. The standard InChI is InChI=1S/C26H28N2O5/c1-26(2,3)22(15-24(30)31)28-23(29)13-8-14-27-25(32)33-16-21-19-11-6-4-9-17(19)18-10-5-7-12-20(18)21/h4-7,9-12,21-22H,14-16H2,1-3H3,(H,27,32)(H,28,29)(H,30,31). The highest BCUT2D eigenvalue weighted by atomic mass is 16.5. The summed E-state index contributed by atoms with van der Waals surface area (Å²) in [4.78, 5) is 35.2. The number of fused-ring (bicyclic) bond motifs is 3. The first kappa shape index (κ1) is 23.9. The van der Waals surface area contributed by atoms with Crippen molar-refractivity contribution in [1.29, 1.82) is 0 Å². The summed E-state index contributed by atoms with van der Waals surface area (Å²) in [7, 11) is 0. The average molecular weight is 449 g/mol. The molecule has 0 radical (unpaired) electrons. The van der Waals surface area contributed by atoms with Gasteiger partial charge in [0.1, 0.15) is 6.61 Å². The van der Waals surface area contributed by atoms with E-state index < -0.39 is 29.4 Å². The Labute approximate surface area is 193 Å². The third kappa shape index (κ3) is 6.13. The lowest BCUT2D eigenvalue weighted by atomic mass is 9.85. The van der Waals surface area contributed by atoms with Gasteiger partial charge in [0.15, 0.2) is 0 Å². The van der Waals surface area contributed by atoms with Crippen molar-refractivity contribution in [3.05, 3.63) is 59.7 Å². The number of aliphatic carboxylic acids is 1. The van der Waals surface area contributed by atoms with Crippen LogP contribution in [0.1, 0.15) is 44.2 Å². The molecule has 0 aliphatic heterocycles. The summed E-state index contributed by atoms with van der Waals surface area (Å²) in [6.07, 6.45) is -0.820. The van der Waals surface area contributed by atoms with E-state index in [4.69, 9.17) is 9.84 Å². The van der Waals surface area contributed by atoms with E-state index in [9.17, 15) is 14.4 Å². The Morgan fingerprint density at radius 2 is 1.61 bits per heavy atom. The molecular formula is C26H28N2O5. The van der Waals surface area contributed by atoms with Crippen molar-refractivity contribution in [3.63, 3.8) is 0 Å². The minimum Gasteiger partial charge on any atom is -0.481 e. The van der Waals surface area contributed by atoms with Crippen LogP contribution in [0.3, 0.4) is 0 Å². The Balaban J connectivity index is 1.50. The first-order valence-corrected chi connectivity index (χ1v) is 10.8. The number of rotatable bonds is 6. The first-order valence-electron chi connectivity index (χ1n) is 10.8. The number of hydrogen-bond acceptors (Lipinski definition) is 4. The van der Waals surface area contributed by atoms with Gasteiger partial charge in [0.05, 0.1) is 13.0 Å². The highest BCUT2D eigenvalue weighted by Crippen LogP contribution is 2.44. The number of carboxylic acids is 1. The van der Waals surface area contributed by atoms with Crippen molar-refractivity contribution < 1.29 is 24.2 Å². The smallest absolute Gasteiger partial charge is 0.407 e. The van der Waals surface area contributed by atoms with Gasteiger partial charge in [-0.05, 0) is 33.6 Å². The zero-order valence-corrected chi connectivity index (χ0v) is 19.0. The van der Waals surface area contributed by atoms with Crippen LogP contribution in [0.4, 0.5) is 4.79 Å². The van der Waals surface area contributed by atoms with Crippen LogP contribution < -0.4 is 10.6 Å². The van der Waals surface area contributed by atoms with Crippen LogP contribution in [0.2, 0.25) is 0 Å². The Morgan fingerprint density at radius 3 is 2.15 bits per heavy atom. The predicted molar refractivity (Wildman–Crippen MR) is 124 cm³/mol. The van der Waals surface area contributed by atoms with Crippen LogP contribution in [0, 0.1) is 17.3 Å². The van der Waals surface area contributed by atoms with Crippen molar-refractivity contribution >= 4 is 18.0 Å². The van der Waals surface area contributed by atoms with Gasteiger partial charge in [-0.2, -0.15) is 0 Å². The third-order valence-corrected chi connectivity index (χ3v) is 5.60. The molecule has 7 nitrogen and oxygen atoms in total. The molecule has 0 heterocycles. The average Bonchev–Trinajstić information content (AvgIpc) is 3.08. The second-order valence-electron chi connectivity index (χ2n) is 8.97. The van der Waals surface area contributed by atoms with E-state index in [1.54, 1.807) is 0 Å². The van der Waals surface area contributed by atoms with Gasteiger partial charge in [-0.15, -0.1) is 0 Å². The van der Waals surface area contributed by atoms with Gasteiger partial charge in [0.2, 0.25) is 0 Å². The molecule has 33 heavy (non-hydrogen) atoms. The largest absolute Gasteiger partial charge is 0.481 e. The van der Waals surface area contributed by atoms with E-state index in [2.05, 4.69) is 34.6 Å². The Kier molecular flexibility index (Phi) is 7.39. The molecule has 1 aliphatic rings. The SMILES string of the molecule is CC(C)(C)C(CC(=O)O)NC(=O)C#CCNC(=O)OCC1c2ccccc2-c2ccccc21. The maximum Gasteiger partial charge on any atom is 0.407 e. The number of benzene rings is 2. The molecule has 3 rings (SSSR count). The number of alkyl carbamates (subject to hydrolysis) is 1. The van der Waals surface area contributed by atoms with Gasteiger partial charge >= 0.3 is 12.1 Å². The number of carbonyl (C=O) groups is 3. The van der Waals surface area contributed by atoms with Crippen LogP contribution in [0.5, 0.6) is 0 Å². The second kappa shape index (κ2) is 10.2. The lowest BCUT2D eigenvalue weighted by Crippen LogP contribution is -2.44. The lowest BCUT2D eigenvalue weighted by Gasteiger charge is -2.29. The summed E-state index contributed by atoms with van der Waals surface area (Å²) in [5.74, 6) is 3.31. The van der Waals surface area contributed by atoms with Crippen molar-refractivity contribution in [3.8, 4) is 23.0 Å². The molecule has 2 aromatic rings. The molecule has 172 valence electrons. The van der Waals surface area contributed by atoms with E-state index in [-0.39, 0.29) is 25.5 Å². The number of amides is 2. The van der Waals surface area contributed by atoms with Crippen LogP contribution in [-0.4, -0.2) is 42.3 Å². The van der Waals surface area contributed by atoms with Crippen LogP contribution in [0.15, 0.2) is 48.5 Å². The fraction of sp³-hybridized carbons (Fsp3) is 0.346. The van der Waals surface area contributed by atoms with E-state index in [1.165, 1.54) is 0 Å². The van der Waals surface area contributed by atoms with E-state index in [0.29, 0.717) is 0 Å². The summed E-state index contributed by atoms with van der Waals surface area (Å²) in [6.45, 7) is 5.65. The lowest BCUT2D eigenvalue weighted by molar-refractivity contribution is -0.138. The fourth-order valence-corrected chi connectivity index (χ4v) is 3.83. The summed E-state index contributed by atoms with van der Waals surface area (Å²) >= 11 is 0. The van der Waals surface area contributed by atoms with Gasteiger partial charge in [-0.1, -0.05) is 75.2 Å². The van der Waals surface area contributed by atoms with Gasteiger partial charge in [-0.25, -0.2) is 4.79 Å². The van der Waals surface area contributed by atoms with Gasteiger partial charge in [-0.3, -0.25) is 9.59 Å². The van der Waals surface area contributed by atoms with Gasteiger partial charge in [0.25, 0.3) is 5.91 Å². The minimum absolute atomic E-state index is 0.0384. The number of nitrogens with one attached hydrogen (secondary N) is 2. The summed E-state index contributed by atoms with van der Waals surface area (Å²) in [5, 5.41) is 14.2. The summed E-state index contributed by atoms with van der Waals surface area (Å²) in [6, 6.07) is 15.6. The van der Waals surface area contributed by atoms with Crippen molar-refractivity contribution in [1.82, 2.24) is 10.6 Å². The van der Waals surface area contributed by atoms with Gasteiger partial charge < -0.3 is 20.5 Å². The molecule has 0 fully saturated rings. The molecule has 3 N–H and O–H groups in total. The molecule has 1 atom stereocenters. The maximum atomic E-state index is 12.1. The fourth-order valence-electron chi connectivity index (χ4n) is 3.83. The Bertz CT molecular complexity index is 1060. The minimum atomic E-state index is -1.000. The molecule has 1 unspecified atom stereocenters. The molecule has 7 heteroatoms. The monoisotopic (exact) mass is 448 g/mol. The van der Waals surface area contributed by atoms with E-state index in [1.807, 2.05) is 57.2 Å². The molecule has 0 spiro atoms. The predicted octanol–water partition coefficient (Wildman–Crippen LogP) is 3.53. The molecule has 0 saturated carbocycles. The van der Waals surface area contributed by atoms with E-state index in [0.717, 1.165) is 22.3 Å². The van der Waals surface area contributed by atoms with Crippen molar-refractivity contribution in [2.24, 2.45) is 5.41 Å². The van der Waals surface area contributed by atoms with Crippen LogP contribution in [0.25, 0.3) is 11.1 Å². The molecule has 2 aromatic carbocycles. The third-order valence-electron chi connectivity index (χ3n) is 5.60. The first-order chi connectivity index (χ1) is 15.7. The second-order valence-corrected chi connectivity index (χ2v) is 8.97. The number of carboxylic acid groups (broad SMARTS) is 1. The number of carbonyl (C=O) groups excluding carboxylic acids is 2. The molecule has 1 aliphatic carbocycles. The Morgan fingerprint density at radius 1 is 1.03 bits per heavy atom. The van der Waals surface area contributed by atoms with E-state index >= 15 is 0 Å². The van der Waals surface area contributed by atoms with Crippen molar-refractivity contribution in [2.45, 2.75) is 39.2 Å². The summed E-state index contributed by atoms with van der Waals surface area (Å²) < 4.78 is 5.42. The number of ether oxygens (including phenoxy) is 1. The molecule has 0 saturated heterocycles. The zero-order valence-electron chi connectivity index (χ0n) is 19.0. The molecule has 0 aromatic heterocycles. The highest BCUT2D eigenvalue weighted by molar-refractivity contribution is 5.94. The Hall–Kier alpha value is -3.79. The zero-order chi connectivity index (χ0) is 24.0. The normalized spacial score (nSPS) is 13.1. The maximum absolute atomic E-state index is 12.1. The topological polar surface area (TPSA) is 105 Å². The quantitative estimate of drug-likeness (QED) is 0.587. The summed E-state index contributed by atoms with van der Waals surface area (Å²) in [5.41, 5.74) is 4.11. The van der Waals surface area contributed by atoms with Crippen LogP contribution in [-0.2, 0) is 14.3 Å². The van der Waals surface area contributed by atoms with Gasteiger partial charge in [0, 0.05) is 12.0 Å². The van der Waals surface area contributed by atoms with Crippen LogP contribution >= 0.6 is 0 Å².